The van der Waals surface area contributed by atoms with Crippen LogP contribution in [0.25, 0.3) is 6.08 Å². The van der Waals surface area contributed by atoms with Gasteiger partial charge in [-0.25, -0.2) is 4.79 Å². The lowest BCUT2D eigenvalue weighted by Gasteiger charge is -2.39. The van der Waals surface area contributed by atoms with Gasteiger partial charge >= 0.3 is 11.9 Å². The van der Waals surface area contributed by atoms with Crippen LogP contribution in [-0.2, 0) is 24.5 Å². The molecule has 0 bridgehead atoms. The smallest absolute Gasteiger partial charge is 0.330 e. The number of hydrogen-bond acceptors (Lipinski definition) is 5. The van der Waals surface area contributed by atoms with Gasteiger partial charge in [0.05, 0.1) is 18.1 Å². The Morgan fingerprint density at radius 1 is 1.35 bits per heavy atom. The zero-order chi connectivity index (χ0) is 19.5. The first kappa shape index (κ1) is 20.0. The summed E-state index contributed by atoms with van der Waals surface area (Å²) < 4.78 is 16.6. The second-order valence-electron chi connectivity index (χ2n) is 7.78. The Balaban J connectivity index is 2.44. The van der Waals surface area contributed by atoms with Crippen molar-refractivity contribution in [2.75, 3.05) is 6.61 Å². The number of carbonyl (C=O) groups excluding carboxylic acids is 2. The normalized spacial score (nSPS) is 22.5. The summed E-state index contributed by atoms with van der Waals surface area (Å²) in [6.45, 7) is 11.5. The molecule has 0 saturated heterocycles. The van der Waals surface area contributed by atoms with Gasteiger partial charge in [0, 0.05) is 23.6 Å². The average molecular weight is 360 g/mol. The van der Waals surface area contributed by atoms with Crippen LogP contribution >= 0.6 is 0 Å². The summed E-state index contributed by atoms with van der Waals surface area (Å²) in [5.41, 5.74) is 0.129. The Morgan fingerprint density at radius 3 is 2.65 bits per heavy atom. The number of esters is 2. The summed E-state index contributed by atoms with van der Waals surface area (Å²) in [7, 11) is 0. The van der Waals surface area contributed by atoms with Crippen LogP contribution in [0.1, 0.15) is 59.1 Å². The molecule has 1 heterocycles. The van der Waals surface area contributed by atoms with Crippen LogP contribution in [0.4, 0.5) is 0 Å². The molecular weight excluding hydrogens is 332 g/mol. The molecule has 2 rings (SSSR count). The molecule has 0 aromatic heterocycles. The van der Waals surface area contributed by atoms with Crippen molar-refractivity contribution < 1.29 is 23.8 Å². The Hall–Kier alpha value is -2.30. The summed E-state index contributed by atoms with van der Waals surface area (Å²) in [4.78, 5) is 24.6. The SMILES string of the molecule is CCOC(=O)/C=C/c1cccc2c1OC(C)CC2(C)C(=O)OC(C)(C)C. The van der Waals surface area contributed by atoms with Crippen LogP contribution in [0.5, 0.6) is 5.75 Å². The van der Waals surface area contributed by atoms with E-state index in [1.807, 2.05) is 52.8 Å². The van der Waals surface area contributed by atoms with Crippen molar-refractivity contribution in [3.8, 4) is 5.75 Å². The van der Waals surface area contributed by atoms with Gasteiger partial charge in [-0.05, 0) is 47.6 Å². The first-order valence-electron chi connectivity index (χ1n) is 8.95. The van der Waals surface area contributed by atoms with Gasteiger partial charge in [0.2, 0.25) is 0 Å². The molecule has 1 aromatic rings. The van der Waals surface area contributed by atoms with Gasteiger partial charge in [0.25, 0.3) is 0 Å². The van der Waals surface area contributed by atoms with Crippen molar-refractivity contribution in [2.45, 2.75) is 65.1 Å². The highest BCUT2D eigenvalue weighted by Gasteiger charge is 2.45. The van der Waals surface area contributed by atoms with Crippen molar-refractivity contribution >= 4 is 18.0 Å². The van der Waals surface area contributed by atoms with E-state index in [1.165, 1.54) is 6.08 Å². The van der Waals surface area contributed by atoms with Crippen molar-refractivity contribution in [1.29, 1.82) is 0 Å². The van der Waals surface area contributed by atoms with Gasteiger partial charge in [-0.3, -0.25) is 4.79 Å². The fourth-order valence-corrected chi connectivity index (χ4v) is 3.11. The van der Waals surface area contributed by atoms with Crippen LogP contribution in [0.2, 0.25) is 0 Å². The highest BCUT2D eigenvalue weighted by Crippen LogP contribution is 2.44. The van der Waals surface area contributed by atoms with Crippen molar-refractivity contribution in [3.05, 3.63) is 35.4 Å². The standard InChI is InChI=1S/C21H28O5/c1-7-24-17(22)12-11-15-9-8-10-16-18(15)25-14(2)13-21(16,6)19(23)26-20(3,4)5/h8-12,14H,7,13H2,1-6H3/b12-11+. The van der Waals surface area contributed by atoms with Gasteiger partial charge < -0.3 is 14.2 Å². The third kappa shape index (κ3) is 4.45. The van der Waals surface area contributed by atoms with E-state index in [1.54, 1.807) is 13.0 Å². The first-order valence-corrected chi connectivity index (χ1v) is 8.95. The minimum Gasteiger partial charge on any atom is -0.490 e. The Bertz CT molecular complexity index is 714. The van der Waals surface area contributed by atoms with Gasteiger partial charge in [0.1, 0.15) is 11.4 Å². The predicted molar refractivity (Wildman–Crippen MR) is 100 cm³/mol. The third-order valence-corrected chi connectivity index (χ3v) is 4.19. The van der Waals surface area contributed by atoms with E-state index in [9.17, 15) is 9.59 Å². The van der Waals surface area contributed by atoms with E-state index >= 15 is 0 Å². The lowest BCUT2D eigenvalue weighted by atomic mass is 9.75. The van der Waals surface area contributed by atoms with Crippen LogP contribution in [0, 0.1) is 0 Å². The highest BCUT2D eigenvalue weighted by molar-refractivity contribution is 5.89. The summed E-state index contributed by atoms with van der Waals surface area (Å²) in [5.74, 6) is -0.0723. The monoisotopic (exact) mass is 360 g/mol. The molecule has 5 heteroatoms. The van der Waals surface area contributed by atoms with Crippen LogP contribution in [0.3, 0.4) is 0 Å². The molecule has 0 N–H and O–H groups in total. The van der Waals surface area contributed by atoms with Gasteiger partial charge in [-0.1, -0.05) is 18.2 Å². The van der Waals surface area contributed by atoms with Crippen molar-refractivity contribution in [3.63, 3.8) is 0 Å². The van der Waals surface area contributed by atoms with Crippen molar-refractivity contribution in [2.24, 2.45) is 0 Å². The molecule has 2 unspecified atom stereocenters. The molecule has 1 aliphatic rings. The molecule has 2 atom stereocenters. The zero-order valence-electron chi connectivity index (χ0n) is 16.4. The lowest BCUT2D eigenvalue weighted by molar-refractivity contribution is -0.163. The molecule has 0 saturated carbocycles. The molecule has 0 fully saturated rings. The second-order valence-corrected chi connectivity index (χ2v) is 7.78. The predicted octanol–water partition coefficient (Wildman–Crippen LogP) is 4.03. The fourth-order valence-electron chi connectivity index (χ4n) is 3.11. The minimum atomic E-state index is -0.811. The highest BCUT2D eigenvalue weighted by atomic mass is 16.6. The first-order chi connectivity index (χ1) is 12.1. The number of ether oxygens (including phenoxy) is 3. The van der Waals surface area contributed by atoms with Gasteiger partial charge in [0.15, 0.2) is 0 Å². The Labute approximate surface area is 155 Å². The van der Waals surface area contributed by atoms with Crippen LogP contribution in [0.15, 0.2) is 24.3 Å². The third-order valence-electron chi connectivity index (χ3n) is 4.19. The topological polar surface area (TPSA) is 61.8 Å². The molecule has 26 heavy (non-hydrogen) atoms. The largest absolute Gasteiger partial charge is 0.490 e. The second kappa shape index (κ2) is 7.52. The van der Waals surface area contributed by atoms with E-state index in [0.29, 0.717) is 18.8 Å². The molecule has 142 valence electrons. The number of benzene rings is 1. The average Bonchev–Trinajstić information content (AvgIpc) is 2.51. The fraction of sp³-hybridized carbons (Fsp3) is 0.524. The van der Waals surface area contributed by atoms with Gasteiger partial charge in [-0.15, -0.1) is 0 Å². The minimum absolute atomic E-state index is 0.155. The summed E-state index contributed by atoms with van der Waals surface area (Å²) in [5, 5.41) is 0. The quantitative estimate of drug-likeness (QED) is 0.599. The maximum absolute atomic E-state index is 12.9. The Kier molecular flexibility index (Phi) is 5.79. The number of fused-ring (bicyclic) bond motifs is 1. The van der Waals surface area contributed by atoms with E-state index in [0.717, 1.165) is 11.1 Å². The Morgan fingerprint density at radius 2 is 2.04 bits per heavy atom. The number of para-hydroxylation sites is 1. The summed E-state index contributed by atoms with van der Waals surface area (Å²) >= 11 is 0. The summed E-state index contributed by atoms with van der Waals surface area (Å²) in [6, 6.07) is 5.58. The molecule has 1 aromatic carbocycles. The van der Waals surface area contributed by atoms with Gasteiger partial charge in [-0.2, -0.15) is 0 Å². The van der Waals surface area contributed by atoms with E-state index in [4.69, 9.17) is 14.2 Å². The summed E-state index contributed by atoms with van der Waals surface area (Å²) in [6.07, 6.45) is 3.40. The molecule has 5 nitrogen and oxygen atoms in total. The van der Waals surface area contributed by atoms with Crippen LogP contribution in [-0.4, -0.2) is 30.3 Å². The maximum atomic E-state index is 12.9. The maximum Gasteiger partial charge on any atom is 0.330 e. The molecule has 0 amide bonds. The molecular formula is C21H28O5. The molecule has 0 aliphatic carbocycles. The van der Waals surface area contributed by atoms with Crippen LogP contribution < -0.4 is 4.74 Å². The van der Waals surface area contributed by atoms with Crippen molar-refractivity contribution in [1.82, 2.24) is 0 Å². The molecule has 0 spiro atoms. The molecule has 0 radical (unpaired) electrons. The van der Waals surface area contributed by atoms with E-state index in [2.05, 4.69) is 0 Å². The zero-order valence-corrected chi connectivity index (χ0v) is 16.4. The number of carbonyl (C=O) groups is 2. The lowest BCUT2D eigenvalue weighted by Crippen LogP contribution is -2.44. The number of hydrogen-bond donors (Lipinski definition) is 0. The number of rotatable bonds is 4. The van der Waals surface area contributed by atoms with E-state index in [-0.39, 0.29) is 12.1 Å². The molecule has 1 aliphatic heterocycles. The van der Waals surface area contributed by atoms with E-state index < -0.39 is 17.0 Å².